The van der Waals surface area contributed by atoms with E-state index in [1.165, 1.54) is 66.3 Å². The normalized spacial score (nSPS) is 23.0. The van der Waals surface area contributed by atoms with E-state index >= 15 is 0 Å². The molecule has 2 aromatic carbocycles. The molecule has 4 aromatic rings. The van der Waals surface area contributed by atoms with Crippen molar-refractivity contribution in [1.82, 2.24) is 29.2 Å². The van der Waals surface area contributed by atoms with E-state index in [1.54, 1.807) is 24.3 Å². The van der Waals surface area contributed by atoms with Gasteiger partial charge in [0.05, 0.1) is 51.4 Å². The van der Waals surface area contributed by atoms with Crippen LogP contribution in [0.25, 0.3) is 0 Å². The van der Waals surface area contributed by atoms with E-state index in [0.29, 0.717) is 46.9 Å². The molecule has 6 fully saturated rings. The quantitative estimate of drug-likeness (QED) is 0.0964. The van der Waals surface area contributed by atoms with Crippen LogP contribution in [0.3, 0.4) is 0 Å². The Morgan fingerprint density at radius 2 is 0.824 bits per heavy atom. The first-order valence-electron chi connectivity index (χ1n) is 26.6. The van der Waals surface area contributed by atoms with Gasteiger partial charge in [0.25, 0.3) is 0 Å². The molecule has 20 heteroatoms. The number of anilines is 2. The fourth-order valence-electron chi connectivity index (χ4n) is 10.7. The van der Waals surface area contributed by atoms with Gasteiger partial charge in [-0.05, 0) is 137 Å². The maximum Gasteiger partial charge on any atom is 0.240 e. The molecule has 4 saturated carbocycles. The Balaban J connectivity index is 0.000000182. The molecule has 0 unspecified atom stereocenters. The lowest BCUT2D eigenvalue weighted by Gasteiger charge is -2.42. The number of benzene rings is 2. The van der Waals surface area contributed by atoms with Crippen molar-refractivity contribution in [2.75, 3.05) is 104 Å². The number of nitrogens with zero attached hydrogens (tertiary/aromatic N) is 6. The van der Waals surface area contributed by atoms with Gasteiger partial charge in [-0.2, -0.15) is 0 Å². The average Bonchev–Trinajstić information content (AvgIpc) is 4.40. The highest BCUT2D eigenvalue weighted by Gasteiger charge is 2.34. The largest absolute Gasteiger partial charge is 0.493 e. The Bertz CT molecular complexity index is 2500. The van der Waals surface area contributed by atoms with Crippen molar-refractivity contribution in [2.24, 2.45) is 11.8 Å². The van der Waals surface area contributed by atoms with Crippen LogP contribution in [0.15, 0.2) is 82.8 Å². The molecule has 2 N–H and O–H groups in total. The van der Waals surface area contributed by atoms with E-state index in [9.17, 15) is 16.8 Å². The number of ether oxygens (including phenoxy) is 6. The fourth-order valence-corrected chi connectivity index (χ4v) is 13.3. The van der Waals surface area contributed by atoms with E-state index in [4.69, 9.17) is 28.4 Å². The number of sulfonamides is 2. The molecule has 404 valence electrons. The highest BCUT2D eigenvalue weighted by atomic mass is 32.2. The molecular weight excluding hydrogens is 985 g/mol. The van der Waals surface area contributed by atoms with E-state index in [0.717, 1.165) is 140 Å². The van der Waals surface area contributed by atoms with Crippen LogP contribution in [0, 0.1) is 11.8 Å². The number of methoxy groups -OCH3 is 4. The number of rotatable bonds is 20. The molecule has 2 aromatic heterocycles. The Morgan fingerprint density at radius 3 is 1.16 bits per heavy atom. The molecular formula is C54H76N8O10S2. The zero-order valence-electron chi connectivity index (χ0n) is 43.5. The third-order valence-electron chi connectivity index (χ3n) is 15.5. The summed E-state index contributed by atoms with van der Waals surface area (Å²) in [6.07, 6.45) is 16.0. The van der Waals surface area contributed by atoms with E-state index in [1.807, 2.05) is 36.7 Å². The molecule has 10 rings (SSSR count). The lowest BCUT2D eigenvalue weighted by molar-refractivity contribution is 0.139. The first kappa shape index (κ1) is 53.7. The second-order valence-electron chi connectivity index (χ2n) is 20.5. The highest BCUT2D eigenvalue weighted by molar-refractivity contribution is 7.89. The molecule has 0 spiro atoms. The van der Waals surface area contributed by atoms with Gasteiger partial charge in [0.1, 0.15) is 0 Å². The Hall–Kier alpha value is -5.12. The lowest BCUT2D eigenvalue weighted by atomic mass is 9.90. The van der Waals surface area contributed by atoms with E-state index < -0.39 is 20.0 Å². The van der Waals surface area contributed by atoms with Gasteiger partial charge in [-0.3, -0.25) is 9.80 Å². The fraction of sp³-hybridized carbons (Fsp3) is 0.593. The van der Waals surface area contributed by atoms with Gasteiger partial charge in [0, 0.05) is 101 Å². The van der Waals surface area contributed by atoms with Crippen LogP contribution < -0.4 is 47.7 Å². The third kappa shape index (κ3) is 13.8. The summed E-state index contributed by atoms with van der Waals surface area (Å²) in [5.74, 6) is 6.94. The maximum absolute atomic E-state index is 13.0. The number of aromatic nitrogens is 2. The lowest BCUT2D eigenvalue weighted by Crippen LogP contribution is -2.52. The van der Waals surface area contributed by atoms with Crippen molar-refractivity contribution in [3.63, 3.8) is 0 Å². The second-order valence-corrected chi connectivity index (χ2v) is 23.9. The number of piperazine rings is 2. The van der Waals surface area contributed by atoms with Crippen molar-refractivity contribution < 1.29 is 45.3 Å². The Kier molecular flexibility index (Phi) is 17.9. The second kappa shape index (κ2) is 24.7. The first-order chi connectivity index (χ1) is 35.9. The summed E-state index contributed by atoms with van der Waals surface area (Å²) in [6, 6.07) is 18.2. The smallest absolute Gasteiger partial charge is 0.240 e. The van der Waals surface area contributed by atoms with E-state index in [-0.39, 0.29) is 21.9 Å². The zero-order valence-corrected chi connectivity index (χ0v) is 45.2. The molecule has 2 saturated heterocycles. The number of hydrogen-bond donors (Lipinski definition) is 2. The summed E-state index contributed by atoms with van der Waals surface area (Å²) < 4.78 is 91.0. The monoisotopic (exact) mass is 1060 g/mol. The first-order valence-corrected chi connectivity index (χ1v) is 29.5. The van der Waals surface area contributed by atoms with Gasteiger partial charge in [-0.15, -0.1) is 0 Å². The van der Waals surface area contributed by atoms with Crippen molar-refractivity contribution >= 4 is 31.7 Å². The Morgan fingerprint density at radius 1 is 0.459 bits per heavy atom. The van der Waals surface area contributed by atoms with Gasteiger partial charge >= 0.3 is 0 Å². The SMILES string of the molecule is COc1ccc(S(=O)(=O)NC2CCC(N3CCN(c4ncccc4OCC4CC4)CC3)CC2)cc1OC.COc1ccc(S(=O)(=O)NC2CCC(N3CCN(c4ncccc4OCC4CC4)CC3)CC2)cc1OC. The summed E-state index contributed by atoms with van der Waals surface area (Å²) in [5.41, 5.74) is 0. The summed E-state index contributed by atoms with van der Waals surface area (Å²) >= 11 is 0. The van der Waals surface area contributed by atoms with Gasteiger partial charge in [0.2, 0.25) is 20.0 Å². The number of hydrogen-bond acceptors (Lipinski definition) is 16. The van der Waals surface area contributed by atoms with Gasteiger partial charge in [0.15, 0.2) is 46.1 Å². The third-order valence-corrected chi connectivity index (χ3v) is 18.5. The molecule has 0 amide bonds. The maximum atomic E-state index is 13.0. The van der Waals surface area contributed by atoms with Crippen LogP contribution in [0.2, 0.25) is 0 Å². The number of nitrogens with one attached hydrogen (secondary N) is 2. The summed E-state index contributed by atoms with van der Waals surface area (Å²) in [7, 11) is -1.20. The molecule has 0 bridgehead atoms. The van der Waals surface area contributed by atoms with Crippen molar-refractivity contribution in [2.45, 2.75) is 111 Å². The predicted molar refractivity (Wildman–Crippen MR) is 284 cm³/mol. The van der Waals surface area contributed by atoms with Crippen LogP contribution in [0.4, 0.5) is 11.6 Å². The highest BCUT2D eigenvalue weighted by Crippen LogP contribution is 2.36. The van der Waals surface area contributed by atoms with Crippen LogP contribution in [-0.2, 0) is 20.0 Å². The predicted octanol–water partition coefficient (Wildman–Crippen LogP) is 6.60. The minimum atomic E-state index is -3.63. The molecule has 2 aliphatic heterocycles. The van der Waals surface area contributed by atoms with Crippen molar-refractivity contribution in [1.29, 1.82) is 0 Å². The van der Waals surface area contributed by atoms with E-state index in [2.05, 4.69) is 39.0 Å². The molecule has 6 aliphatic rings. The van der Waals surface area contributed by atoms with Crippen LogP contribution >= 0.6 is 0 Å². The molecule has 18 nitrogen and oxygen atoms in total. The van der Waals surface area contributed by atoms with Crippen molar-refractivity contribution in [3.05, 3.63) is 73.1 Å². The molecule has 4 aliphatic carbocycles. The molecule has 74 heavy (non-hydrogen) atoms. The average molecular weight is 1060 g/mol. The minimum absolute atomic E-state index is 0.0599. The Labute approximate surface area is 438 Å². The van der Waals surface area contributed by atoms with Gasteiger partial charge in [-0.25, -0.2) is 36.2 Å². The summed E-state index contributed by atoms with van der Waals surface area (Å²) in [6.45, 7) is 9.17. The summed E-state index contributed by atoms with van der Waals surface area (Å²) in [4.78, 5) is 19.4. The molecule has 0 radical (unpaired) electrons. The topological polar surface area (TPSA) is 186 Å². The van der Waals surface area contributed by atoms with Crippen molar-refractivity contribution in [3.8, 4) is 34.5 Å². The summed E-state index contributed by atoms with van der Waals surface area (Å²) in [5, 5.41) is 0. The van der Waals surface area contributed by atoms with Gasteiger partial charge < -0.3 is 38.2 Å². The van der Waals surface area contributed by atoms with Crippen LogP contribution in [-0.4, -0.2) is 155 Å². The number of pyridine rings is 2. The molecule has 4 heterocycles. The zero-order chi connectivity index (χ0) is 51.7. The minimum Gasteiger partial charge on any atom is -0.493 e. The standard InChI is InChI=1S/2C27H38N4O5S/c2*1-34-24-12-11-23(18-26(24)35-2)37(32,33)29-21-7-9-22(10-8-21)30-14-16-31(17-15-30)27-25(4-3-13-28-27)36-19-20-5-6-20/h2*3-4,11-13,18,20-22,29H,5-10,14-17,19H2,1-2H3. The van der Waals surface area contributed by atoms with Crippen LogP contribution in [0.5, 0.6) is 34.5 Å². The van der Waals surface area contributed by atoms with Crippen LogP contribution in [0.1, 0.15) is 77.0 Å². The van der Waals surface area contributed by atoms with Gasteiger partial charge in [-0.1, -0.05) is 0 Å². The molecule has 0 atom stereocenters.